The Labute approximate surface area is 135 Å². The first-order valence-electron chi connectivity index (χ1n) is 8.03. The first-order chi connectivity index (χ1) is 9.51. The van der Waals surface area contributed by atoms with Gasteiger partial charge in [-0.15, -0.1) is 12.4 Å². The summed E-state index contributed by atoms with van der Waals surface area (Å²) in [5.74, 6) is 2.37. The maximum atomic E-state index is 6.14. The van der Waals surface area contributed by atoms with Crippen LogP contribution in [0.3, 0.4) is 0 Å². The molecule has 3 heteroatoms. The third-order valence-corrected chi connectivity index (χ3v) is 4.24. The Hall–Kier alpha value is -0.730. The van der Waals surface area contributed by atoms with Gasteiger partial charge in [0.15, 0.2) is 0 Å². The average molecular weight is 312 g/mol. The molecule has 0 saturated heterocycles. The summed E-state index contributed by atoms with van der Waals surface area (Å²) in [5, 5.41) is 0. The number of hydrogen-bond donors (Lipinski definition) is 1. The minimum absolute atomic E-state index is 0. The molecule has 1 aliphatic carbocycles. The Bertz CT molecular complexity index is 455. The highest BCUT2D eigenvalue weighted by Crippen LogP contribution is 2.33. The number of nitrogens with two attached hydrogens (primary N) is 1. The van der Waals surface area contributed by atoms with Crippen LogP contribution in [0.25, 0.3) is 0 Å². The van der Waals surface area contributed by atoms with Crippen molar-refractivity contribution in [2.45, 2.75) is 65.3 Å². The Morgan fingerprint density at radius 2 is 1.95 bits per heavy atom. The highest BCUT2D eigenvalue weighted by atomic mass is 35.5. The minimum Gasteiger partial charge on any atom is -0.493 e. The number of ether oxygens (including phenoxy) is 1. The molecule has 1 fully saturated rings. The second-order valence-electron chi connectivity index (χ2n) is 6.60. The number of rotatable bonds is 7. The molecule has 0 spiro atoms. The third kappa shape index (κ3) is 5.19. The summed E-state index contributed by atoms with van der Waals surface area (Å²) in [6, 6.07) is 4.79. The Balaban J connectivity index is 0.00000220. The van der Waals surface area contributed by atoms with E-state index in [1.54, 1.807) is 0 Å². The Kier molecular flexibility index (Phi) is 7.02. The standard InChI is InChI=1S/C18H29NO.ClH/c1-5-16(19)9-15-8-13(4)18(10-17(15)12(2)3)20-11-14-6-7-14;/h8,10,12,14,16H,5-7,9,11,19H2,1-4H3;1H. The van der Waals surface area contributed by atoms with Crippen LogP contribution in [0.5, 0.6) is 5.75 Å². The lowest BCUT2D eigenvalue weighted by Crippen LogP contribution is -2.22. The van der Waals surface area contributed by atoms with Gasteiger partial charge < -0.3 is 10.5 Å². The molecule has 1 saturated carbocycles. The zero-order valence-corrected chi connectivity index (χ0v) is 14.6. The van der Waals surface area contributed by atoms with Gasteiger partial charge in [0.05, 0.1) is 6.61 Å². The number of hydrogen-bond acceptors (Lipinski definition) is 2. The monoisotopic (exact) mass is 311 g/mol. The molecule has 1 atom stereocenters. The second-order valence-corrected chi connectivity index (χ2v) is 6.60. The van der Waals surface area contributed by atoms with Gasteiger partial charge in [-0.2, -0.15) is 0 Å². The largest absolute Gasteiger partial charge is 0.493 e. The van der Waals surface area contributed by atoms with E-state index in [0.717, 1.165) is 31.1 Å². The predicted octanol–water partition coefficient (Wildman–Crippen LogP) is 4.61. The fourth-order valence-corrected chi connectivity index (χ4v) is 2.55. The van der Waals surface area contributed by atoms with Gasteiger partial charge in [0, 0.05) is 6.04 Å². The highest BCUT2D eigenvalue weighted by molar-refractivity contribution is 5.85. The molecule has 0 aliphatic heterocycles. The summed E-state index contributed by atoms with van der Waals surface area (Å²) in [4.78, 5) is 0. The van der Waals surface area contributed by atoms with Gasteiger partial charge in [0.2, 0.25) is 0 Å². The normalized spacial score (nSPS) is 15.7. The van der Waals surface area contributed by atoms with Crippen molar-refractivity contribution in [1.82, 2.24) is 0 Å². The molecule has 0 heterocycles. The van der Waals surface area contributed by atoms with E-state index in [4.69, 9.17) is 10.5 Å². The predicted molar refractivity (Wildman–Crippen MR) is 92.7 cm³/mol. The van der Waals surface area contributed by atoms with E-state index in [2.05, 4.69) is 39.8 Å². The maximum absolute atomic E-state index is 6.14. The van der Waals surface area contributed by atoms with Crippen LogP contribution >= 0.6 is 12.4 Å². The molecule has 2 N–H and O–H groups in total. The molecule has 0 amide bonds. The quantitative estimate of drug-likeness (QED) is 0.798. The summed E-state index contributed by atoms with van der Waals surface area (Å²) in [6.07, 6.45) is 4.66. The molecule has 1 aromatic carbocycles. The fraction of sp³-hybridized carbons (Fsp3) is 0.667. The lowest BCUT2D eigenvalue weighted by Gasteiger charge is -2.19. The summed E-state index contributed by atoms with van der Waals surface area (Å²) >= 11 is 0. The van der Waals surface area contributed by atoms with Crippen molar-refractivity contribution in [2.75, 3.05) is 6.61 Å². The van der Waals surface area contributed by atoms with E-state index in [-0.39, 0.29) is 18.4 Å². The van der Waals surface area contributed by atoms with Gasteiger partial charge in [-0.3, -0.25) is 0 Å². The summed E-state index contributed by atoms with van der Waals surface area (Å²) in [5.41, 5.74) is 10.2. The maximum Gasteiger partial charge on any atom is 0.122 e. The average Bonchev–Trinajstić information content (AvgIpc) is 3.21. The molecule has 2 nitrogen and oxygen atoms in total. The van der Waals surface area contributed by atoms with Gasteiger partial charge in [-0.25, -0.2) is 0 Å². The summed E-state index contributed by atoms with van der Waals surface area (Å²) < 4.78 is 6.01. The Morgan fingerprint density at radius 1 is 1.29 bits per heavy atom. The van der Waals surface area contributed by atoms with E-state index >= 15 is 0 Å². The zero-order chi connectivity index (χ0) is 14.7. The first kappa shape index (κ1) is 18.3. The van der Waals surface area contributed by atoms with Crippen LogP contribution < -0.4 is 10.5 Å². The first-order valence-corrected chi connectivity index (χ1v) is 8.03. The van der Waals surface area contributed by atoms with Crippen molar-refractivity contribution < 1.29 is 4.74 Å². The molecular formula is C18H30ClNO. The number of halogens is 1. The van der Waals surface area contributed by atoms with Crippen molar-refractivity contribution in [2.24, 2.45) is 11.7 Å². The molecule has 2 rings (SSSR count). The van der Waals surface area contributed by atoms with Crippen LogP contribution in [-0.4, -0.2) is 12.6 Å². The molecule has 21 heavy (non-hydrogen) atoms. The minimum atomic E-state index is 0. The SMILES string of the molecule is CCC(N)Cc1cc(C)c(OCC2CC2)cc1C(C)C.Cl. The zero-order valence-electron chi connectivity index (χ0n) is 13.8. The van der Waals surface area contributed by atoms with Gasteiger partial charge in [-0.1, -0.05) is 26.8 Å². The van der Waals surface area contributed by atoms with Crippen molar-refractivity contribution >= 4 is 12.4 Å². The van der Waals surface area contributed by atoms with E-state index in [1.807, 2.05) is 0 Å². The second kappa shape index (κ2) is 8.05. The smallest absolute Gasteiger partial charge is 0.122 e. The van der Waals surface area contributed by atoms with Crippen molar-refractivity contribution in [3.8, 4) is 5.75 Å². The van der Waals surface area contributed by atoms with Crippen LogP contribution in [0.4, 0.5) is 0 Å². The molecular weight excluding hydrogens is 282 g/mol. The van der Waals surface area contributed by atoms with E-state index in [9.17, 15) is 0 Å². The molecule has 120 valence electrons. The van der Waals surface area contributed by atoms with Gasteiger partial charge in [-0.05, 0) is 67.2 Å². The highest BCUT2D eigenvalue weighted by Gasteiger charge is 2.22. The van der Waals surface area contributed by atoms with Crippen LogP contribution in [0, 0.1) is 12.8 Å². The molecule has 1 aromatic rings. The molecule has 0 bridgehead atoms. The molecule has 1 unspecified atom stereocenters. The lowest BCUT2D eigenvalue weighted by molar-refractivity contribution is 0.297. The van der Waals surface area contributed by atoms with Crippen LogP contribution in [-0.2, 0) is 6.42 Å². The van der Waals surface area contributed by atoms with Gasteiger partial charge >= 0.3 is 0 Å². The molecule has 0 radical (unpaired) electrons. The molecule has 1 aliphatic rings. The van der Waals surface area contributed by atoms with Crippen molar-refractivity contribution in [1.29, 1.82) is 0 Å². The lowest BCUT2D eigenvalue weighted by atomic mass is 9.91. The van der Waals surface area contributed by atoms with E-state index in [1.165, 1.54) is 29.5 Å². The number of benzene rings is 1. The van der Waals surface area contributed by atoms with Gasteiger partial charge in [0.25, 0.3) is 0 Å². The van der Waals surface area contributed by atoms with Crippen molar-refractivity contribution in [3.63, 3.8) is 0 Å². The van der Waals surface area contributed by atoms with Crippen molar-refractivity contribution in [3.05, 3.63) is 28.8 Å². The molecule has 0 aromatic heterocycles. The van der Waals surface area contributed by atoms with E-state index in [0.29, 0.717) is 5.92 Å². The third-order valence-electron chi connectivity index (χ3n) is 4.24. The number of aryl methyl sites for hydroxylation is 1. The topological polar surface area (TPSA) is 35.2 Å². The summed E-state index contributed by atoms with van der Waals surface area (Å²) in [7, 11) is 0. The summed E-state index contributed by atoms with van der Waals surface area (Å²) in [6.45, 7) is 9.67. The fourth-order valence-electron chi connectivity index (χ4n) is 2.55. The van der Waals surface area contributed by atoms with E-state index < -0.39 is 0 Å². The van der Waals surface area contributed by atoms with Gasteiger partial charge in [0.1, 0.15) is 5.75 Å². The van der Waals surface area contributed by atoms with Crippen LogP contribution in [0.1, 0.15) is 62.6 Å². The Morgan fingerprint density at radius 3 is 2.48 bits per heavy atom. The van der Waals surface area contributed by atoms with Crippen LogP contribution in [0.15, 0.2) is 12.1 Å². The van der Waals surface area contributed by atoms with Crippen LogP contribution in [0.2, 0.25) is 0 Å².